The second kappa shape index (κ2) is 7.20. The average Bonchev–Trinajstić information content (AvgIpc) is 3.43. The normalized spacial score (nSPS) is 23.6. The maximum Gasteiger partial charge on any atom is 0.340 e. The van der Waals surface area contributed by atoms with Gasteiger partial charge in [0.1, 0.15) is 5.57 Å². The maximum atomic E-state index is 14.0. The monoisotopic (exact) mass is 467 g/mol. The number of fused-ring (bicyclic) bond motifs is 5. The number of hydrogen-bond acceptors (Lipinski definition) is 6. The Hall–Kier alpha value is -4.59. The Morgan fingerprint density at radius 3 is 2.26 bits per heavy atom. The minimum absolute atomic E-state index is 0.0128. The minimum Gasteiger partial charge on any atom is -0.465 e. The fourth-order valence-electron chi connectivity index (χ4n) is 5.48. The van der Waals surface area contributed by atoms with Crippen molar-refractivity contribution in [1.29, 1.82) is 0 Å². The van der Waals surface area contributed by atoms with Crippen LogP contribution in [0.3, 0.4) is 0 Å². The van der Waals surface area contributed by atoms with E-state index >= 15 is 0 Å². The standard InChI is InChI=1S/C27H21N3O5/c1-15-8-7-9-16(14-15)28-22-21(23(31)34-2)26(17-10-3-5-12-19(17)29-24(26)32)27(35-22)18-11-4-6-13-20(18)30-25(27)33/h3-14,28H,1-2H3,(H,29,32)(H,30,33)/t26-,27+/m1/s1. The summed E-state index contributed by atoms with van der Waals surface area (Å²) in [5.41, 5.74) is -0.257. The molecule has 0 aliphatic carbocycles. The number of rotatable bonds is 3. The van der Waals surface area contributed by atoms with Gasteiger partial charge in [-0.25, -0.2) is 4.79 Å². The Kier molecular flexibility index (Phi) is 4.32. The number of amides is 2. The molecule has 8 nitrogen and oxygen atoms in total. The first-order chi connectivity index (χ1) is 16.9. The van der Waals surface area contributed by atoms with Crippen LogP contribution >= 0.6 is 0 Å². The molecule has 2 spiro atoms. The number of nitrogens with one attached hydrogen (secondary N) is 3. The van der Waals surface area contributed by atoms with Gasteiger partial charge < -0.3 is 25.4 Å². The zero-order valence-electron chi connectivity index (χ0n) is 19.0. The lowest BCUT2D eigenvalue weighted by Crippen LogP contribution is -2.57. The molecule has 3 aromatic rings. The summed E-state index contributed by atoms with van der Waals surface area (Å²) >= 11 is 0. The molecule has 6 rings (SSSR count). The van der Waals surface area contributed by atoms with Crippen LogP contribution in [0.4, 0.5) is 17.1 Å². The highest BCUT2D eigenvalue weighted by atomic mass is 16.5. The molecule has 3 aromatic carbocycles. The number of ether oxygens (including phenoxy) is 2. The Morgan fingerprint density at radius 2 is 1.54 bits per heavy atom. The zero-order valence-corrected chi connectivity index (χ0v) is 19.0. The first kappa shape index (κ1) is 21.0. The molecule has 0 saturated carbocycles. The highest BCUT2D eigenvalue weighted by molar-refractivity contribution is 6.22. The highest BCUT2D eigenvalue weighted by Gasteiger charge is 2.77. The van der Waals surface area contributed by atoms with Crippen LogP contribution in [-0.2, 0) is 34.9 Å². The molecule has 8 heteroatoms. The van der Waals surface area contributed by atoms with Crippen molar-refractivity contribution in [2.45, 2.75) is 17.9 Å². The molecule has 3 N–H and O–H groups in total. The van der Waals surface area contributed by atoms with E-state index < -0.39 is 28.8 Å². The third-order valence-corrected chi connectivity index (χ3v) is 6.84. The van der Waals surface area contributed by atoms with E-state index in [4.69, 9.17) is 9.47 Å². The Morgan fingerprint density at radius 1 is 0.886 bits per heavy atom. The first-order valence-corrected chi connectivity index (χ1v) is 11.1. The summed E-state index contributed by atoms with van der Waals surface area (Å²) in [7, 11) is 1.24. The van der Waals surface area contributed by atoms with Crippen molar-refractivity contribution in [3.05, 3.63) is 101 Å². The highest BCUT2D eigenvalue weighted by Crippen LogP contribution is 2.64. The van der Waals surface area contributed by atoms with Gasteiger partial charge in [-0.1, -0.05) is 48.5 Å². The van der Waals surface area contributed by atoms with Crippen LogP contribution < -0.4 is 16.0 Å². The summed E-state index contributed by atoms with van der Waals surface area (Å²) in [6, 6.07) is 21.5. The Balaban J connectivity index is 1.70. The van der Waals surface area contributed by atoms with E-state index in [9.17, 15) is 14.4 Å². The van der Waals surface area contributed by atoms with Crippen molar-refractivity contribution < 1.29 is 23.9 Å². The number of carbonyl (C=O) groups is 3. The van der Waals surface area contributed by atoms with Crippen LogP contribution in [0.1, 0.15) is 16.7 Å². The van der Waals surface area contributed by atoms with Crippen molar-refractivity contribution in [1.82, 2.24) is 0 Å². The number of aryl methyl sites for hydroxylation is 1. The number of benzene rings is 3. The van der Waals surface area contributed by atoms with Crippen molar-refractivity contribution >= 4 is 34.8 Å². The summed E-state index contributed by atoms with van der Waals surface area (Å²) in [4.78, 5) is 41.3. The molecule has 0 unspecified atom stereocenters. The van der Waals surface area contributed by atoms with E-state index in [-0.39, 0.29) is 11.5 Å². The molecule has 0 fully saturated rings. The molecular formula is C27H21N3O5. The number of esters is 1. The van der Waals surface area contributed by atoms with Gasteiger partial charge in [-0.15, -0.1) is 0 Å². The van der Waals surface area contributed by atoms with Gasteiger partial charge >= 0.3 is 5.97 Å². The predicted molar refractivity (Wildman–Crippen MR) is 128 cm³/mol. The molecule has 2 atom stereocenters. The predicted octanol–water partition coefficient (Wildman–Crippen LogP) is 3.56. The maximum absolute atomic E-state index is 14.0. The van der Waals surface area contributed by atoms with E-state index in [0.29, 0.717) is 28.2 Å². The van der Waals surface area contributed by atoms with Gasteiger partial charge in [0.25, 0.3) is 5.91 Å². The molecule has 3 heterocycles. The lowest BCUT2D eigenvalue weighted by Gasteiger charge is -2.36. The van der Waals surface area contributed by atoms with Gasteiger partial charge in [0, 0.05) is 28.2 Å². The van der Waals surface area contributed by atoms with E-state index in [0.717, 1.165) is 5.56 Å². The molecule has 0 radical (unpaired) electrons. The molecule has 3 aliphatic heterocycles. The second-order valence-electron chi connectivity index (χ2n) is 8.72. The van der Waals surface area contributed by atoms with Gasteiger partial charge in [-0.3, -0.25) is 9.59 Å². The summed E-state index contributed by atoms with van der Waals surface area (Å²) in [5.74, 6) is -1.89. The van der Waals surface area contributed by atoms with Crippen LogP contribution in [0.2, 0.25) is 0 Å². The number of carbonyl (C=O) groups excluding carboxylic acids is 3. The molecule has 35 heavy (non-hydrogen) atoms. The van der Waals surface area contributed by atoms with Gasteiger partial charge in [0.05, 0.1) is 7.11 Å². The van der Waals surface area contributed by atoms with Crippen molar-refractivity contribution in [3.63, 3.8) is 0 Å². The Bertz CT molecular complexity index is 1480. The van der Waals surface area contributed by atoms with Gasteiger partial charge in [0.15, 0.2) is 5.41 Å². The topological polar surface area (TPSA) is 106 Å². The van der Waals surface area contributed by atoms with E-state index in [1.807, 2.05) is 25.1 Å². The molecule has 0 bridgehead atoms. The average molecular weight is 467 g/mol. The van der Waals surface area contributed by atoms with Crippen LogP contribution in [0, 0.1) is 6.92 Å². The van der Waals surface area contributed by atoms with E-state index in [1.165, 1.54) is 7.11 Å². The third-order valence-electron chi connectivity index (χ3n) is 6.84. The molecule has 0 aromatic heterocycles. The van der Waals surface area contributed by atoms with E-state index in [1.54, 1.807) is 54.6 Å². The van der Waals surface area contributed by atoms with Crippen LogP contribution in [-0.4, -0.2) is 24.9 Å². The molecular weight excluding hydrogens is 446 g/mol. The lowest BCUT2D eigenvalue weighted by molar-refractivity contribution is -0.147. The first-order valence-electron chi connectivity index (χ1n) is 11.1. The van der Waals surface area contributed by atoms with Crippen molar-refractivity contribution in [2.24, 2.45) is 0 Å². The van der Waals surface area contributed by atoms with Crippen molar-refractivity contribution in [3.8, 4) is 0 Å². The lowest BCUT2D eigenvalue weighted by atomic mass is 9.62. The van der Waals surface area contributed by atoms with E-state index in [2.05, 4.69) is 16.0 Å². The molecule has 174 valence electrons. The van der Waals surface area contributed by atoms with Gasteiger partial charge in [0.2, 0.25) is 17.4 Å². The quantitative estimate of drug-likeness (QED) is 0.509. The molecule has 0 saturated heterocycles. The number of methoxy groups -OCH3 is 1. The molecule has 3 aliphatic rings. The molecule has 2 amide bonds. The SMILES string of the molecule is COC(=O)C1=C(Nc2cccc(C)c2)O[C@@]2(C(=O)Nc3ccccc32)[C@@]12C(=O)Nc1ccccc12. The van der Waals surface area contributed by atoms with Gasteiger partial charge in [-0.05, 0) is 36.8 Å². The zero-order chi connectivity index (χ0) is 24.4. The van der Waals surface area contributed by atoms with Crippen LogP contribution in [0.25, 0.3) is 0 Å². The fraction of sp³-hybridized carbons (Fsp3) is 0.148. The summed E-state index contributed by atoms with van der Waals surface area (Å²) in [6.45, 7) is 1.93. The summed E-state index contributed by atoms with van der Waals surface area (Å²) in [5, 5.41) is 8.87. The number of hydrogen-bond donors (Lipinski definition) is 3. The van der Waals surface area contributed by atoms with Gasteiger partial charge in [-0.2, -0.15) is 0 Å². The number of para-hydroxylation sites is 2. The largest absolute Gasteiger partial charge is 0.465 e. The number of anilines is 3. The fourth-order valence-corrected chi connectivity index (χ4v) is 5.48. The summed E-state index contributed by atoms with van der Waals surface area (Å²) in [6.07, 6.45) is 0. The minimum atomic E-state index is -1.88. The summed E-state index contributed by atoms with van der Waals surface area (Å²) < 4.78 is 11.7. The van der Waals surface area contributed by atoms with Crippen LogP contribution in [0.15, 0.2) is 84.3 Å². The van der Waals surface area contributed by atoms with Crippen molar-refractivity contribution in [2.75, 3.05) is 23.1 Å². The third kappa shape index (κ3) is 2.53. The smallest absolute Gasteiger partial charge is 0.340 e. The van der Waals surface area contributed by atoms with Crippen LogP contribution in [0.5, 0.6) is 0 Å². The second-order valence-corrected chi connectivity index (χ2v) is 8.72. The Labute approximate surface area is 200 Å².